The van der Waals surface area contributed by atoms with Gasteiger partial charge < -0.3 is 15.5 Å². The van der Waals surface area contributed by atoms with Crippen molar-refractivity contribution in [2.45, 2.75) is 67.8 Å². The quantitative estimate of drug-likeness (QED) is 0.401. The molecular formula is C27H31FN6OS. The minimum Gasteiger partial charge on any atom is -0.368 e. The van der Waals surface area contributed by atoms with Gasteiger partial charge in [-0.05, 0) is 62.4 Å². The first-order valence-corrected chi connectivity index (χ1v) is 13.3. The summed E-state index contributed by atoms with van der Waals surface area (Å²) in [6, 6.07) is 8.99. The predicted molar refractivity (Wildman–Crippen MR) is 139 cm³/mol. The molecule has 1 aliphatic carbocycles. The number of anilines is 1. The van der Waals surface area contributed by atoms with Crippen molar-refractivity contribution in [2.75, 3.05) is 25.0 Å². The van der Waals surface area contributed by atoms with E-state index in [-0.39, 0.29) is 0 Å². The Bertz CT molecular complexity index is 1190. The number of rotatable bonds is 8. The number of nitriles is 1. The number of nitrogens with two attached hydrogens (primary N) is 1. The Labute approximate surface area is 216 Å². The van der Waals surface area contributed by atoms with Crippen molar-refractivity contribution in [1.29, 1.82) is 5.26 Å². The molecule has 2 N–H and O–H groups in total. The van der Waals surface area contributed by atoms with Crippen LogP contribution < -0.4 is 10.6 Å². The summed E-state index contributed by atoms with van der Waals surface area (Å²) in [5.74, 6) is -0.451. The van der Waals surface area contributed by atoms with E-state index in [2.05, 4.69) is 27.8 Å². The van der Waals surface area contributed by atoms with Gasteiger partial charge in [-0.2, -0.15) is 5.26 Å². The molecule has 0 spiro atoms. The number of carbonyl (C=O) groups excluding carboxylic acids is 1. The van der Waals surface area contributed by atoms with E-state index in [1.165, 1.54) is 43.5 Å². The largest absolute Gasteiger partial charge is 0.368 e. The second-order valence-corrected chi connectivity index (χ2v) is 10.5. The van der Waals surface area contributed by atoms with Gasteiger partial charge in [-0.1, -0.05) is 37.2 Å². The van der Waals surface area contributed by atoms with Crippen molar-refractivity contribution in [2.24, 2.45) is 5.73 Å². The van der Waals surface area contributed by atoms with Crippen LogP contribution in [0.4, 0.5) is 15.9 Å². The van der Waals surface area contributed by atoms with Crippen LogP contribution in [0.1, 0.15) is 61.0 Å². The number of benzene rings is 1. The van der Waals surface area contributed by atoms with Gasteiger partial charge in [-0.3, -0.25) is 4.79 Å². The molecule has 2 fully saturated rings. The molecule has 1 aromatic heterocycles. The molecule has 1 saturated carbocycles. The van der Waals surface area contributed by atoms with E-state index in [1.54, 1.807) is 0 Å². The molecule has 0 radical (unpaired) electrons. The fourth-order valence-corrected chi connectivity index (χ4v) is 6.15. The van der Waals surface area contributed by atoms with Crippen LogP contribution in [-0.2, 0) is 11.2 Å². The van der Waals surface area contributed by atoms with Gasteiger partial charge in [0.2, 0.25) is 11.6 Å². The maximum atomic E-state index is 13.5. The normalized spacial score (nSPS) is 17.3. The highest BCUT2D eigenvalue weighted by atomic mass is 32.2. The van der Waals surface area contributed by atoms with Gasteiger partial charge in [0.05, 0.1) is 12.1 Å². The number of piperidine rings is 1. The van der Waals surface area contributed by atoms with Crippen molar-refractivity contribution in [1.82, 2.24) is 9.88 Å². The molecule has 36 heavy (non-hydrogen) atoms. The second kappa shape index (κ2) is 11.3. The van der Waals surface area contributed by atoms with Gasteiger partial charge in [0.1, 0.15) is 28.0 Å². The van der Waals surface area contributed by atoms with Gasteiger partial charge in [0, 0.05) is 25.2 Å². The van der Waals surface area contributed by atoms with E-state index in [1.807, 2.05) is 6.92 Å². The topological polar surface area (TPSA) is 90.6 Å². The number of halogens is 1. The molecule has 2 aliphatic rings. The second-order valence-electron chi connectivity index (χ2n) is 9.44. The summed E-state index contributed by atoms with van der Waals surface area (Å²) in [5.41, 5.74) is 7.58. The van der Waals surface area contributed by atoms with Gasteiger partial charge in [-0.25, -0.2) is 14.2 Å². The number of pyridine rings is 1. The van der Waals surface area contributed by atoms with Crippen LogP contribution in [0.25, 0.3) is 4.85 Å². The number of hydrogen-bond acceptors (Lipinski definition) is 6. The Morgan fingerprint density at radius 3 is 2.44 bits per heavy atom. The number of amides is 1. The van der Waals surface area contributed by atoms with E-state index in [4.69, 9.17) is 17.3 Å². The maximum absolute atomic E-state index is 13.5. The number of carbonyl (C=O) groups is 1. The summed E-state index contributed by atoms with van der Waals surface area (Å²) >= 11 is 1.09. The number of nitrogens with zero attached hydrogens (tertiary/aromatic N) is 5. The van der Waals surface area contributed by atoms with Crippen LogP contribution >= 0.6 is 11.8 Å². The zero-order valence-corrected chi connectivity index (χ0v) is 21.5. The van der Waals surface area contributed by atoms with E-state index in [0.717, 1.165) is 37.7 Å². The minimum absolute atomic E-state index is 0.296. The Morgan fingerprint density at radius 1 is 1.31 bits per heavy atom. The third kappa shape index (κ3) is 5.18. The Balaban J connectivity index is 1.66. The maximum Gasteiger partial charge on any atom is 0.235 e. The molecule has 188 valence electrons. The SMILES string of the molecule is [C-]#[N+]c1c(N2CCC(N(C)C3CCC3)CC2)nc(SC(C(N)=O)c2ccc(F)cc2)c(C#N)c1CC. The summed E-state index contributed by atoms with van der Waals surface area (Å²) in [5, 5.41) is 9.53. The first-order chi connectivity index (χ1) is 17.4. The zero-order chi connectivity index (χ0) is 25.8. The molecule has 1 aliphatic heterocycles. The number of primary amides is 1. The Hall–Kier alpha value is -3.14. The molecular weight excluding hydrogens is 475 g/mol. The number of hydrogen-bond donors (Lipinski definition) is 1. The summed E-state index contributed by atoms with van der Waals surface area (Å²) in [6.45, 7) is 11.3. The summed E-state index contributed by atoms with van der Waals surface area (Å²) in [7, 11) is 2.22. The van der Waals surface area contributed by atoms with Crippen molar-refractivity contribution >= 4 is 29.2 Å². The lowest BCUT2D eigenvalue weighted by molar-refractivity contribution is -0.117. The van der Waals surface area contributed by atoms with Crippen LogP contribution in [0.5, 0.6) is 0 Å². The Kier molecular flexibility index (Phi) is 8.13. The lowest BCUT2D eigenvalue weighted by Gasteiger charge is -2.44. The molecule has 9 heteroatoms. The third-order valence-electron chi connectivity index (χ3n) is 7.45. The highest BCUT2D eigenvalue weighted by molar-refractivity contribution is 8.00. The van der Waals surface area contributed by atoms with Gasteiger partial charge in [0.25, 0.3) is 0 Å². The third-order valence-corrected chi connectivity index (χ3v) is 8.71. The smallest absolute Gasteiger partial charge is 0.235 e. The van der Waals surface area contributed by atoms with Crippen LogP contribution in [0, 0.1) is 23.7 Å². The summed E-state index contributed by atoms with van der Waals surface area (Å²) < 4.78 is 13.5. The molecule has 1 amide bonds. The first-order valence-electron chi connectivity index (χ1n) is 12.4. The average molecular weight is 507 g/mol. The summed E-state index contributed by atoms with van der Waals surface area (Å²) in [4.78, 5) is 25.6. The van der Waals surface area contributed by atoms with Crippen LogP contribution in [0.2, 0.25) is 0 Å². The number of aromatic nitrogens is 1. The average Bonchev–Trinajstić information content (AvgIpc) is 2.85. The van der Waals surface area contributed by atoms with Crippen molar-refractivity contribution in [3.05, 3.63) is 58.2 Å². The van der Waals surface area contributed by atoms with Crippen molar-refractivity contribution in [3.8, 4) is 6.07 Å². The molecule has 2 aromatic rings. The molecule has 4 rings (SSSR count). The van der Waals surface area contributed by atoms with Crippen LogP contribution in [-0.4, -0.2) is 48.0 Å². The van der Waals surface area contributed by atoms with E-state index >= 15 is 0 Å². The predicted octanol–water partition coefficient (Wildman–Crippen LogP) is 4.98. The fraction of sp³-hybridized carbons (Fsp3) is 0.481. The van der Waals surface area contributed by atoms with Crippen molar-refractivity contribution < 1.29 is 9.18 Å². The summed E-state index contributed by atoms with van der Waals surface area (Å²) in [6.07, 6.45) is 6.30. The highest BCUT2D eigenvalue weighted by Gasteiger charge is 2.32. The fourth-order valence-electron chi connectivity index (χ4n) is 5.09. The molecule has 7 nitrogen and oxygen atoms in total. The molecule has 2 heterocycles. The van der Waals surface area contributed by atoms with Gasteiger partial charge >= 0.3 is 0 Å². The van der Waals surface area contributed by atoms with Gasteiger partial charge in [0.15, 0.2) is 0 Å². The molecule has 1 atom stereocenters. The first kappa shape index (κ1) is 25.9. The van der Waals surface area contributed by atoms with Crippen LogP contribution in [0.3, 0.4) is 0 Å². The van der Waals surface area contributed by atoms with Crippen LogP contribution in [0.15, 0.2) is 29.3 Å². The van der Waals surface area contributed by atoms with E-state index in [9.17, 15) is 14.4 Å². The standard InChI is InChI=1S/C27H31FN6OS/c1-4-21-22(16-29)27(36-24(25(30)35)17-8-10-18(28)11-9-17)32-26(23(21)31-2)34-14-12-20(13-15-34)33(3)19-6-5-7-19/h8-11,19-20,24H,4-7,12-15H2,1,3H3,(H2,30,35). The zero-order valence-electron chi connectivity index (χ0n) is 20.7. The van der Waals surface area contributed by atoms with E-state index in [0.29, 0.717) is 51.7 Å². The molecule has 0 bridgehead atoms. The monoisotopic (exact) mass is 506 g/mol. The Morgan fingerprint density at radius 2 is 1.94 bits per heavy atom. The lowest BCUT2D eigenvalue weighted by Crippen LogP contribution is -2.49. The lowest BCUT2D eigenvalue weighted by atomic mass is 9.89. The number of thioether (sulfide) groups is 1. The van der Waals surface area contributed by atoms with E-state index < -0.39 is 17.0 Å². The van der Waals surface area contributed by atoms with Gasteiger partial charge in [-0.15, -0.1) is 0 Å². The molecule has 1 unspecified atom stereocenters. The highest BCUT2D eigenvalue weighted by Crippen LogP contribution is 2.43. The minimum atomic E-state index is -0.844. The van der Waals surface area contributed by atoms with Crippen molar-refractivity contribution in [3.63, 3.8) is 0 Å². The molecule has 1 saturated heterocycles. The molecule has 1 aromatic carbocycles.